The zero-order valence-corrected chi connectivity index (χ0v) is 16.8. The van der Waals surface area contributed by atoms with E-state index in [2.05, 4.69) is 28.9 Å². The van der Waals surface area contributed by atoms with E-state index >= 15 is 0 Å². The van der Waals surface area contributed by atoms with Crippen molar-refractivity contribution in [2.45, 2.75) is 23.3 Å². The third-order valence-electron chi connectivity index (χ3n) is 6.86. The first kappa shape index (κ1) is 17.4. The Hall–Kier alpha value is -2.44. The first-order chi connectivity index (χ1) is 14.0. The maximum atomic E-state index is 13.1. The molecule has 2 aliphatic carbocycles. The van der Waals surface area contributed by atoms with Crippen molar-refractivity contribution >= 4 is 38.7 Å². The summed E-state index contributed by atoms with van der Waals surface area (Å²) in [4.78, 5) is 14.6. The molecule has 2 aromatic heterocycles. The first-order valence-electron chi connectivity index (χ1n) is 9.39. The minimum absolute atomic E-state index is 0.122. The Bertz CT molecular complexity index is 1220. The van der Waals surface area contributed by atoms with Crippen molar-refractivity contribution in [3.8, 4) is 0 Å². The number of nitrogens with one attached hydrogen (secondary N) is 2. The number of H-pyrrole nitrogens is 1. The topological polar surface area (TPSA) is 134 Å². The predicted molar refractivity (Wildman–Crippen MR) is 102 cm³/mol. The van der Waals surface area contributed by atoms with Gasteiger partial charge in [0.2, 0.25) is 10.0 Å². The Morgan fingerprint density at radius 1 is 1.24 bits per heavy atom. The Labute approximate surface area is 170 Å². The lowest BCUT2D eigenvalue weighted by molar-refractivity contribution is -0.110. The van der Waals surface area contributed by atoms with E-state index in [1.54, 1.807) is 23.1 Å². The Kier molecular flexibility index (Phi) is 3.48. The lowest BCUT2D eigenvalue weighted by Crippen LogP contribution is -2.75. The number of fused-ring (bicyclic) bond motifs is 5. The number of carbonyl (C=O) groups is 1. The summed E-state index contributed by atoms with van der Waals surface area (Å²) < 4.78 is 37.5. The van der Waals surface area contributed by atoms with Crippen molar-refractivity contribution in [2.75, 3.05) is 13.1 Å². The number of hydrogen-bond acceptors (Lipinski definition) is 8. The maximum absolute atomic E-state index is 13.1. The Morgan fingerprint density at radius 2 is 2.10 bits per heavy atom. The highest BCUT2D eigenvalue weighted by Crippen LogP contribution is 2.64. The molecule has 0 radical (unpaired) electrons. The number of amides is 1. The van der Waals surface area contributed by atoms with E-state index in [1.807, 2.05) is 0 Å². The van der Waals surface area contributed by atoms with Crippen LogP contribution in [0.2, 0.25) is 0 Å². The largest absolute Gasteiger partial charge is 0.337 e. The van der Waals surface area contributed by atoms with Crippen LogP contribution in [0.25, 0.3) is 11.0 Å². The van der Waals surface area contributed by atoms with Gasteiger partial charge in [0.15, 0.2) is 5.69 Å². The summed E-state index contributed by atoms with van der Waals surface area (Å²) >= 11 is 1.06. The molecule has 0 bridgehead atoms. The van der Waals surface area contributed by atoms with Crippen LogP contribution >= 0.6 is 11.7 Å². The summed E-state index contributed by atoms with van der Waals surface area (Å²) in [6, 6.07) is 4.82. The second-order valence-corrected chi connectivity index (χ2v) is 10.3. The van der Waals surface area contributed by atoms with Crippen molar-refractivity contribution < 1.29 is 13.2 Å². The molecule has 1 aromatic carbocycles. The predicted octanol–water partition coefficient (Wildman–Crippen LogP) is 0.639. The summed E-state index contributed by atoms with van der Waals surface area (Å²) in [5, 5.41) is 10.0. The fourth-order valence-electron chi connectivity index (χ4n) is 5.41. The normalized spacial score (nSPS) is 30.5. The van der Waals surface area contributed by atoms with Crippen molar-refractivity contribution in [3.63, 3.8) is 0 Å². The molecular weight excluding hydrogens is 414 g/mol. The van der Waals surface area contributed by atoms with Gasteiger partial charge in [-0.25, -0.2) is 13.1 Å². The van der Waals surface area contributed by atoms with E-state index in [4.69, 9.17) is 0 Å². The van der Waals surface area contributed by atoms with Crippen LogP contribution in [0, 0.1) is 17.8 Å². The molecule has 29 heavy (non-hydrogen) atoms. The number of hydrogen-bond donors (Lipinski definition) is 2. The van der Waals surface area contributed by atoms with Gasteiger partial charge >= 0.3 is 0 Å². The van der Waals surface area contributed by atoms with Crippen LogP contribution in [0.5, 0.6) is 0 Å². The van der Waals surface area contributed by atoms with Crippen molar-refractivity contribution in [2.24, 2.45) is 17.8 Å². The highest BCUT2D eigenvalue weighted by atomic mass is 32.2. The van der Waals surface area contributed by atoms with Crippen molar-refractivity contribution in [3.05, 3.63) is 30.1 Å². The second kappa shape index (κ2) is 5.80. The molecule has 2 N–H and O–H groups in total. The molecule has 3 aromatic rings. The smallest absolute Gasteiger partial charge is 0.276 e. The lowest BCUT2D eigenvalue weighted by atomic mass is 9.43. The molecule has 2 saturated carbocycles. The van der Waals surface area contributed by atoms with Crippen LogP contribution in [0.15, 0.2) is 29.3 Å². The molecule has 1 aliphatic heterocycles. The molecule has 3 heterocycles. The first-order valence-corrected chi connectivity index (χ1v) is 11.6. The highest BCUT2D eigenvalue weighted by Gasteiger charge is 2.70. The lowest BCUT2D eigenvalue weighted by Gasteiger charge is -2.66. The minimum Gasteiger partial charge on any atom is -0.337 e. The molecule has 0 spiro atoms. The molecule has 1 unspecified atom stereocenters. The number of carbonyl (C=O) groups excluding carboxylic acids is 1. The molecular formula is C17H17N7O3S2. The summed E-state index contributed by atoms with van der Waals surface area (Å²) in [6.45, 7) is 1.17. The number of nitrogens with zero attached hydrogens (tertiary/aromatic N) is 5. The van der Waals surface area contributed by atoms with E-state index in [0.29, 0.717) is 35.7 Å². The van der Waals surface area contributed by atoms with Crippen LogP contribution in [-0.2, 0) is 10.0 Å². The van der Waals surface area contributed by atoms with Gasteiger partial charge in [-0.15, -0.1) is 0 Å². The van der Waals surface area contributed by atoms with Gasteiger partial charge in [-0.2, -0.15) is 24.2 Å². The number of aromatic amines is 1. The summed E-state index contributed by atoms with van der Waals surface area (Å²) in [5.74, 6) is 0.554. The fraction of sp³-hybridized carbons (Fsp3) is 0.471. The fourth-order valence-corrected chi connectivity index (χ4v) is 7.47. The number of aromatic nitrogens is 5. The standard InChI is InChI=1S/C17H17N7O3S2/c25-16(15-6-18-23-19-15)24-7-10-11-3-4-17(11,12(10)8-24)22-29(26,27)9-1-2-13-14(5-9)21-28-20-13/h1-2,5-6,10-12,22H,3-4,7-8H2,(H,18,19,23)/t10-,11-,12-,17?/m1/s1. The van der Waals surface area contributed by atoms with Crippen LogP contribution in [0.4, 0.5) is 0 Å². The highest BCUT2D eigenvalue weighted by molar-refractivity contribution is 7.89. The quantitative estimate of drug-likeness (QED) is 0.619. The SMILES string of the molecule is O=C(c1cn[nH]n1)N1C[C@@H]2[C@H]3CCC3(NS(=O)(=O)c3ccc4nsnc4c3)[C@@H]2C1. The number of likely N-dealkylation sites (tertiary alicyclic amines) is 1. The van der Waals surface area contributed by atoms with Gasteiger partial charge in [0, 0.05) is 24.5 Å². The second-order valence-electron chi connectivity index (χ2n) is 8.04. The van der Waals surface area contributed by atoms with Crippen LogP contribution < -0.4 is 4.72 Å². The van der Waals surface area contributed by atoms with Gasteiger partial charge < -0.3 is 4.90 Å². The number of benzene rings is 1. The van der Waals surface area contributed by atoms with Crippen LogP contribution in [0.1, 0.15) is 23.3 Å². The summed E-state index contributed by atoms with van der Waals surface area (Å²) in [6.07, 6.45) is 3.19. The molecule has 3 aliphatic rings. The molecule has 6 rings (SSSR count). The van der Waals surface area contributed by atoms with Crippen LogP contribution in [-0.4, -0.2) is 62.0 Å². The number of sulfonamides is 1. The summed E-state index contributed by atoms with van der Waals surface area (Å²) in [5.41, 5.74) is 1.10. The average molecular weight is 432 g/mol. The number of rotatable bonds is 4. The average Bonchev–Trinajstić information content (AvgIpc) is 3.44. The van der Waals surface area contributed by atoms with Gasteiger partial charge in [0.05, 0.1) is 22.8 Å². The van der Waals surface area contributed by atoms with E-state index in [1.165, 1.54) is 6.20 Å². The van der Waals surface area contributed by atoms with Gasteiger partial charge in [0.1, 0.15) is 11.0 Å². The van der Waals surface area contributed by atoms with Gasteiger partial charge in [0.25, 0.3) is 5.91 Å². The molecule has 150 valence electrons. The maximum Gasteiger partial charge on any atom is 0.276 e. The van der Waals surface area contributed by atoms with Crippen LogP contribution in [0.3, 0.4) is 0 Å². The summed E-state index contributed by atoms with van der Waals surface area (Å²) in [7, 11) is -3.69. The van der Waals surface area contributed by atoms with E-state index < -0.39 is 15.6 Å². The molecule has 1 saturated heterocycles. The van der Waals surface area contributed by atoms with Gasteiger partial charge in [-0.1, -0.05) is 0 Å². The Balaban J connectivity index is 1.25. The van der Waals surface area contributed by atoms with E-state index in [-0.39, 0.29) is 22.6 Å². The van der Waals surface area contributed by atoms with Crippen molar-refractivity contribution in [1.82, 2.24) is 33.8 Å². The monoisotopic (exact) mass is 431 g/mol. The van der Waals surface area contributed by atoms with Gasteiger partial charge in [-0.3, -0.25) is 4.79 Å². The van der Waals surface area contributed by atoms with Crippen molar-refractivity contribution in [1.29, 1.82) is 0 Å². The molecule has 10 nitrogen and oxygen atoms in total. The molecule has 12 heteroatoms. The minimum atomic E-state index is -3.69. The third kappa shape index (κ3) is 2.36. The third-order valence-corrected chi connectivity index (χ3v) is 8.94. The molecule has 1 amide bonds. The van der Waals surface area contributed by atoms with E-state index in [0.717, 1.165) is 24.6 Å². The molecule has 4 atom stereocenters. The zero-order chi connectivity index (χ0) is 19.8. The van der Waals surface area contributed by atoms with Gasteiger partial charge in [-0.05, 0) is 42.9 Å². The zero-order valence-electron chi connectivity index (χ0n) is 15.1. The van der Waals surface area contributed by atoms with E-state index in [9.17, 15) is 13.2 Å². The Morgan fingerprint density at radius 3 is 2.86 bits per heavy atom. The molecule has 3 fully saturated rings.